The van der Waals surface area contributed by atoms with E-state index < -0.39 is 17.7 Å². The minimum absolute atomic E-state index is 0.0381. The van der Waals surface area contributed by atoms with E-state index in [9.17, 15) is 8.78 Å². The van der Waals surface area contributed by atoms with Gasteiger partial charge < -0.3 is 0 Å². The summed E-state index contributed by atoms with van der Waals surface area (Å²) < 4.78 is 28.5. The van der Waals surface area contributed by atoms with Crippen molar-refractivity contribution in [2.24, 2.45) is 5.84 Å². The Morgan fingerprint density at radius 2 is 1.52 bits per heavy atom. The number of halogens is 2. The van der Waals surface area contributed by atoms with Crippen LogP contribution < -0.4 is 11.3 Å². The van der Waals surface area contributed by atoms with Gasteiger partial charge in [0.25, 0.3) is 0 Å². The van der Waals surface area contributed by atoms with Crippen LogP contribution in [0.4, 0.5) is 8.78 Å². The zero-order valence-electron chi connectivity index (χ0n) is 12.7. The van der Waals surface area contributed by atoms with Crippen LogP contribution in [0.25, 0.3) is 0 Å². The van der Waals surface area contributed by atoms with Crippen LogP contribution in [-0.4, -0.2) is 0 Å². The summed E-state index contributed by atoms with van der Waals surface area (Å²) in [6.07, 6.45) is 0. The molecule has 3 N–H and O–H groups in total. The van der Waals surface area contributed by atoms with E-state index in [1.807, 2.05) is 32.9 Å². The first-order valence-electron chi connectivity index (χ1n) is 6.85. The average Bonchev–Trinajstić information content (AvgIpc) is 2.44. The molecule has 0 bridgehead atoms. The van der Waals surface area contributed by atoms with Crippen LogP contribution in [-0.2, 0) is 0 Å². The first kappa shape index (κ1) is 15.6. The molecule has 2 aromatic carbocycles. The molecule has 0 spiro atoms. The van der Waals surface area contributed by atoms with Gasteiger partial charge in [-0.25, -0.2) is 14.2 Å². The monoisotopic (exact) mass is 290 g/mol. The van der Waals surface area contributed by atoms with Gasteiger partial charge in [-0.1, -0.05) is 18.2 Å². The van der Waals surface area contributed by atoms with Crippen molar-refractivity contribution in [1.29, 1.82) is 0 Å². The Hall–Kier alpha value is -1.78. The second-order valence-corrected chi connectivity index (χ2v) is 5.48. The highest BCUT2D eigenvalue weighted by Gasteiger charge is 2.24. The Morgan fingerprint density at radius 3 is 2.14 bits per heavy atom. The number of hydrazine groups is 1. The number of rotatable bonds is 3. The Labute approximate surface area is 124 Å². The third kappa shape index (κ3) is 2.82. The van der Waals surface area contributed by atoms with Crippen LogP contribution in [0.15, 0.2) is 24.3 Å². The van der Waals surface area contributed by atoms with Gasteiger partial charge in [-0.3, -0.25) is 5.84 Å². The molecule has 21 heavy (non-hydrogen) atoms. The van der Waals surface area contributed by atoms with E-state index in [0.717, 1.165) is 22.3 Å². The van der Waals surface area contributed by atoms with E-state index in [1.54, 1.807) is 6.92 Å². The quantitative estimate of drug-likeness (QED) is 0.667. The molecule has 112 valence electrons. The minimum atomic E-state index is -0.718. The average molecular weight is 290 g/mol. The van der Waals surface area contributed by atoms with Crippen molar-refractivity contribution < 1.29 is 8.78 Å². The molecule has 0 fully saturated rings. The van der Waals surface area contributed by atoms with Gasteiger partial charge in [0.2, 0.25) is 0 Å². The number of aryl methyl sites for hydroxylation is 4. The number of benzene rings is 2. The largest absolute Gasteiger partial charge is 0.271 e. The molecule has 4 heteroatoms. The topological polar surface area (TPSA) is 38.0 Å². The fourth-order valence-corrected chi connectivity index (χ4v) is 2.57. The van der Waals surface area contributed by atoms with Crippen LogP contribution >= 0.6 is 0 Å². The van der Waals surface area contributed by atoms with Gasteiger partial charge in [-0.15, -0.1) is 0 Å². The highest BCUT2D eigenvalue weighted by atomic mass is 19.1. The van der Waals surface area contributed by atoms with Crippen molar-refractivity contribution in [3.63, 3.8) is 0 Å². The first-order chi connectivity index (χ1) is 9.86. The van der Waals surface area contributed by atoms with E-state index in [4.69, 9.17) is 5.84 Å². The molecule has 0 radical (unpaired) electrons. The van der Waals surface area contributed by atoms with Crippen LogP contribution in [0.5, 0.6) is 0 Å². The van der Waals surface area contributed by atoms with Gasteiger partial charge in [0, 0.05) is 5.56 Å². The number of nitrogens with one attached hydrogen (secondary N) is 1. The fourth-order valence-electron chi connectivity index (χ4n) is 2.57. The van der Waals surface area contributed by atoms with Gasteiger partial charge in [0.05, 0.1) is 6.04 Å². The summed E-state index contributed by atoms with van der Waals surface area (Å²) in [7, 11) is 0. The third-order valence-electron chi connectivity index (χ3n) is 3.97. The zero-order valence-corrected chi connectivity index (χ0v) is 12.7. The summed E-state index contributed by atoms with van der Waals surface area (Å²) in [5, 5.41) is 0. The minimum Gasteiger partial charge on any atom is -0.271 e. The predicted molar refractivity (Wildman–Crippen MR) is 80.9 cm³/mol. The normalized spacial score (nSPS) is 12.5. The Balaban J connectivity index is 2.66. The molecule has 0 saturated heterocycles. The lowest BCUT2D eigenvalue weighted by atomic mass is 9.91. The van der Waals surface area contributed by atoms with Gasteiger partial charge in [-0.2, -0.15) is 0 Å². The first-order valence-corrected chi connectivity index (χ1v) is 6.85. The molecular formula is C17H20F2N2. The molecule has 0 heterocycles. The molecule has 0 aromatic heterocycles. The Kier molecular flexibility index (Phi) is 4.40. The molecule has 1 atom stereocenters. The number of hydrogen-bond acceptors (Lipinski definition) is 2. The molecule has 2 rings (SSSR count). The number of hydrogen-bond donors (Lipinski definition) is 2. The predicted octanol–water partition coefficient (Wildman–Crippen LogP) is 3.75. The lowest BCUT2D eigenvalue weighted by Crippen LogP contribution is -2.31. The molecular weight excluding hydrogens is 270 g/mol. The van der Waals surface area contributed by atoms with Gasteiger partial charge >= 0.3 is 0 Å². The zero-order chi connectivity index (χ0) is 15.7. The van der Waals surface area contributed by atoms with Crippen molar-refractivity contribution in [3.05, 3.63) is 69.3 Å². The summed E-state index contributed by atoms with van der Waals surface area (Å²) in [6, 6.07) is 5.91. The van der Waals surface area contributed by atoms with E-state index in [1.165, 1.54) is 12.1 Å². The lowest BCUT2D eigenvalue weighted by Gasteiger charge is -2.22. The molecule has 2 aromatic rings. The molecule has 0 saturated carbocycles. The Morgan fingerprint density at radius 1 is 0.905 bits per heavy atom. The highest BCUT2D eigenvalue weighted by molar-refractivity contribution is 5.43. The third-order valence-corrected chi connectivity index (χ3v) is 3.97. The highest BCUT2D eigenvalue weighted by Crippen LogP contribution is 2.31. The Bertz CT molecular complexity index is 681. The lowest BCUT2D eigenvalue weighted by molar-refractivity contribution is 0.505. The number of nitrogens with two attached hydrogens (primary N) is 1. The van der Waals surface area contributed by atoms with Gasteiger partial charge in [-0.05, 0) is 61.6 Å². The molecule has 0 aliphatic heterocycles. The van der Waals surface area contributed by atoms with Gasteiger partial charge in [0.15, 0.2) is 0 Å². The smallest absolute Gasteiger partial charge is 0.134 e. The maximum Gasteiger partial charge on any atom is 0.134 e. The van der Waals surface area contributed by atoms with Crippen LogP contribution in [0.3, 0.4) is 0 Å². The standard InChI is InChI=1S/C17H20F2N2/c1-9-5-6-14(18)15(16(9)19)17(21-20)13-8-11(3)10(2)7-12(13)4/h5-8,17,21H,20H2,1-4H3. The molecule has 0 aliphatic rings. The SMILES string of the molecule is Cc1cc(C)c(C(NN)c2c(F)ccc(C)c2F)cc1C. The van der Waals surface area contributed by atoms with E-state index >= 15 is 0 Å². The fraction of sp³-hybridized carbons (Fsp3) is 0.294. The summed E-state index contributed by atoms with van der Waals surface area (Å²) in [5.41, 5.74) is 6.83. The van der Waals surface area contributed by atoms with Crippen molar-refractivity contribution >= 4 is 0 Å². The molecule has 2 nitrogen and oxygen atoms in total. The van der Waals surface area contributed by atoms with Crippen LogP contribution in [0.1, 0.15) is 39.4 Å². The second-order valence-electron chi connectivity index (χ2n) is 5.48. The van der Waals surface area contributed by atoms with Crippen LogP contribution in [0.2, 0.25) is 0 Å². The van der Waals surface area contributed by atoms with Crippen molar-refractivity contribution in [3.8, 4) is 0 Å². The summed E-state index contributed by atoms with van der Waals surface area (Å²) >= 11 is 0. The summed E-state index contributed by atoms with van der Waals surface area (Å²) in [6.45, 7) is 7.50. The van der Waals surface area contributed by atoms with Crippen molar-refractivity contribution in [2.75, 3.05) is 0 Å². The van der Waals surface area contributed by atoms with E-state index in [0.29, 0.717) is 5.56 Å². The maximum atomic E-state index is 14.4. The molecule has 1 unspecified atom stereocenters. The van der Waals surface area contributed by atoms with Crippen molar-refractivity contribution in [1.82, 2.24) is 5.43 Å². The van der Waals surface area contributed by atoms with E-state index in [-0.39, 0.29) is 5.56 Å². The molecule has 0 amide bonds. The second kappa shape index (κ2) is 5.92. The van der Waals surface area contributed by atoms with Gasteiger partial charge in [0.1, 0.15) is 11.6 Å². The molecule has 0 aliphatic carbocycles. The van der Waals surface area contributed by atoms with Crippen molar-refractivity contribution in [2.45, 2.75) is 33.7 Å². The van der Waals surface area contributed by atoms with E-state index in [2.05, 4.69) is 5.43 Å². The summed E-state index contributed by atoms with van der Waals surface area (Å²) in [4.78, 5) is 0. The van der Waals surface area contributed by atoms with Crippen LogP contribution in [0, 0.1) is 39.3 Å². The summed E-state index contributed by atoms with van der Waals surface area (Å²) in [5.74, 6) is 4.44. The maximum absolute atomic E-state index is 14.4.